The molecule has 0 aromatic heterocycles. The zero-order valence-electron chi connectivity index (χ0n) is 8.77. The fourth-order valence-corrected chi connectivity index (χ4v) is 1.60. The van der Waals surface area contributed by atoms with Crippen LogP contribution in [0.2, 0.25) is 10.0 Å². The summed E-state index contributed by atoms with van der Waals surface area (Å²) in [5.41, 5.74) is 1.33. The Bertz CT molecular complexity index is 567. The number of halogens is 2. The van der Waals surface area contributed by atoms with Gasteiger partial charge in [-0.15, -0.1) is 0 Å². The number of benzene rings is 2. The lowest BCUT2D eigenvalue weighted by atomic mass is 10.2. The van der Waals surface area contributed by atoms with Gasteiger partial charge in [0.15, 0.2) is 0 Å². The normalized spacial score (nSPS) is 10.9. The molecule has 2 nitrogen and oxygen atoms in total. The first-order chi connectivity index (χ1) is 8.16. The van der Waals surface area contributed by atoms with Crippen molar-refractivity contribution in [2.24, 2.45) is 4.99 Å². The third-order valence-electron chi connectivity index (χ3n) is 2.19. The smallest absolute Gasteiger partial charge is 0.124 e. The van der Waals surface area contributed by atoms with Crippen LogP contribution in [0.5, 0.6) is 5.75 Å². The second kappa shape index (κ2) is 5.21. The molecule has 0 unspecified atom stereocenters. The Hall–Kier alpha value is -1.51. The van der Waals surface area contributed by atoms with Crippen LogP contribution in [0.25, 0.3) is 0 Å². The van der Waals surface area contributed by atoms with Gasteiger partial charge < -0.3 is 5.11 Å². The van der Waals surface area contributed by atoms with E-state index in [4.69, 9.17) is 23.2 Å². The Morgan fingerprint density at radius 3 is 2.47 bits per heavy atom. The molecule has 0 saturated carbocycles. The monoisotopic (exact) mass is 265 g/mol. The number of para-hydroxylation sites is 1. The second-order valence-corrected chi connectivity index (χ2v) is 4.23. The molecule has 0 radical (unpaired) electrons. The predicted molar refractivity (Wildman–Crippen MR) is 71.8 cm³/mol. The molecular weight excluding hydrogens is 257 g/mol. The van der Waals surface area contributed by atoms with Gasteiger partial charge in [-0.3, -0.25) is 4.99 Å². The zero-order valence-corrected chi connectivity index (χ0v) is 10.3. The first kappa shape index (κ1) is 12.0. The molecule has 2 aromatic rings. The molecule has 86 valence electrons. The van der Waals surface area contributed by atoms with E-state index in [2.05, 4.69) is 4.99 Å². The maximum absolute atomic E-state index is 9.55. The van der Waals surface area contributed by atoms with Gasteiger partial charge in [-0.05, 0) is 30.3 Å². The van der Waals surface area contributed by atoms with Crippen molar-refractivity contribution in [3.63, 3.8) is 0 Å². The summed E-state index contributed by atoms with van der Waals surface area (Å²) in [6.07, 6.45) is 1.58. The van der Waals surface area contributed by atoms with Gasteiger partial charge in [-0.25, -0.2) is 0 Å². The number of hydrogen-bond donors (Lipinski definition) is 1. The van der Waals surface area contributed by atoms with Crippen molar-refractivity contribution in [2.75, 3.05) is 0 Å². The Labute approximate surface area is 109 Å². The summed E-state index contributed by atoms with van der Waals surface area (Å²) in [6.45, 7) is 0. The molecule has 0 aliphatic heterocycles. The van der Waals surface area contributed by atoms with Crippen molar-refractivity contribution in [3.05, 3.63) is 58.1 Å². The Balaban J connectivity index is 2.26. The number of phenolic OH excluding ortho intramolecular Hbond substituents is 1. The fourth-order valence-electron chi connectivity index (χ4n) is 1.31. The van der Waals surface area contributed by atoms with Gasteiger partial charge in [0.1, 0.15) is 5.75 Å². The van der Waals surface area contributed by atoms with Crippen molar-refractivity contribution in [1.29, 1.82) is 0 Å². The van der Waals surface area contributed by atoms with E-state index in [9.17, 15) is 5.11 Å². The lowest BCUT2D eigenvalue weighted by Gasteiger charge is -1.99. The molecule has 2 aromatic carbocycles. The minimum absolute atomic E-state index is 0.191. The maximum atomic E-state index is 9.55. The molecule has 4 heteroatoms. The molecule has 0 saturated heterocycles. The van der Waals surface area contributed by atoms with Crippen molar-refractivity contribution in [1.82, 2.24) is 0 Å². The summed E-state index contributed by atoms with van der Waals surface area (Å²) in [5, 5.41) is 10.5. The summed E-state index contributed by atoms with van der Waals surface area (Å²) < 4.78 is 0. The van der Waals surface area contributed by atoms with E-state index in [0.717, 1.165) is 0 Å². The van der Waals surface area contributed by atoms with Gasteiger partial charge in [0.25, 0.3) is 0 Å². The number of aromatic hydroxyl groups is 1. The van der Waals surface area contributed by atoms with Crippen LogP contribution in [0, 0.1) is 0 Å². The average Bonchev–Trinajstić information content (AvgIpc) is 2.32. The third kappa shape index (κ3) is 2.99. The summed E-state index contributed by atoms with van der Waals surface area (Å²) in [4.78, 5) is 4.21. The minimum atomic E-state index is 0.191. The number of nitrogens with zero attached hydrogens (tertiary/aromatic N) is 1. The first-order valence-electron chi connectivity index (χ1n) is 4.94. The topological polar surface area (TPSA) is 32.6 Å². The molecular formula is C13H9Cl2NO. The predicted octanol–water partition coefficient (Wildman–Crippen LogP) is 4.45. The van der Waals surface area contributed by atoms with E-state index in [-0.39, 0.29) is 5.75 Å². The lowest BCUT2D eigenvalue weighted by molar-refractivity contribution is 0.474. The highest BCUT2D eigenvalue weighted by Gasteiger charge is 1.98. The van der Waals surface area contributed by atoms with Crippen LogP contribution in [-0.4, -0.2) is 11.3 Å². The quantitative estimate of drug-likeness (QED) is 0.800. The van der Waals surface area contributed by atoms with Crippen LogP contribution in [0.15, 0.2) is 47.5 Å². The van der Waals surface area contributed by atoms with E-state index in [1.807, 2.05) is 6.07 Å². The number of aliphatic imine (C=N–C) groups is 1. The molecule has 0 heterocycles. The van der Waals surface area contributed by atoms with Crippen molar-refractivity contribution in [3.8, 4) is 5.75 Å². The second-order valence-electron chi connectivity index (χ2n) is 3.42. The van der Waals surface area contributed by atoms with Crippen LogP contribution in [0.4, 0.5) is 5.69 Å². The standard InChI is InChI=1S/C13H9Cl2NO/c14-11-6-5-10(7-12(11)15)16-8-9-3-1-2-4-13(9)17/h1-8,17H. The molecule has 1 N–H and O–H groups in total. The van der Waals surface area contributed by atoms with Crippen LogP contribution >= 0.6 is 23.2 Å². The molecule has 0 fully saturated rings. The summed E-state index contributed by atoms with van der Waals surface area (Å²) in [6, 6.07) is 12.1. The first-order valence-corrected chi connectivity index (χ1v) is 5.69. The molecule has 0 spiro atoms. The summed E-state index contributed by atoms with van der Waals surface area (Å²) in [7, 11) is 0. The Morgan fingerprint density at radius 1 is 1.00 bits per heavy atom. The van der Waals surface area contributed by atoms with Crippen LogP contribution < -0.4 is 0 Å². The van der Waals surface area contributed by atoms with Crippen LogP contribution in [0.3, 0.4) is 0 Å². The fraction of sp³-hybridized carbons (Fsp3) is 0. The molecule has 17 heavy (non-hydrogen) atoms. The van der Waals surface area contributed by atoms with Gasteiger partial charge in [0.2, 0.25) is 0 Å². The van der Waals surface area contributed by atoms with Crippen LogP contribution in [-0.2, 0) is 0 Å². The Kier molecular flexibility index (Phi) is 3.67. The van der Waals surface area contributed by atoms with E-state index in [1.165, 1.54) is 0 Å². The van der Waals surface area contributed by atoms with E-state index >= 15 is 0 Å². The molecule has 0 aliphatic rings. The van der Waals surface area contributed by atoms with E-state index < -0.39 is 0 Å². The summed E-state index contributed by atoms with van der Waals surface area (Å²) >= 11 is 11.7. The van der Waals surface area contributed by atoms with Gasteiger partial charge in [-0.2, -0.15) is 0 Å². The van der Waals surface area contributed by atoms with Crippen molar-refractivity contribution >= 4 is 35.1 Å². The number of rotatable bonds is 2. The lowest BCUT2D eigenvalue weighted by Crippen LogP contribution is -1.80. The highest BCUT2D eigenvalue weighted by atomic mass is 35.5. The largest absolute Gasteiger partial charge is 0.507 e. The third-order valence-corrected chi connectivity index (χ3v) is 2.93. The molecule has 0 bridgehead atoms. The van der Waals surface area contributed by atoms with E-state index in [0.29, 0.717) is 21.3 Å². The minimum Gasteiger partial charge on any atom is -0.507 e. The van der Waals surface area contributed by atoms with Crippen molar-refractivity contribution in [2.45, 2.75) is 0 Å². The molecule has 0 atom stereocenters. The zero-order chi connectivity index (χ0) is 12.3. The van der Waals surface area contributed by atoms with Gasteiger partial charge in [0.05, 0.1) is 15.7 Å². The van der Waals surface area contributed by atoms with Gasteiger partial charge >= 0.3 is 0 Å². The summed E-state index contributed by atoms with van der Waals surface area (Å²) in [5.74, 6) is 0.191. The van der Waals surface area contributed by atoms with E-state index in [1.54, 1.807) is 42.6 Å². The highest BCUT2D eigenvalue weighted by molar-refractivity contribution is 6.42. The number of hydrogen-bond acceptors (Lipinski definition) is 2. The highest BCUT2D eigenvalue weighted by Crippen LogP contribution is 2.26. The van der Waals surface area contributed by atoms with Gasteiger partial charge in [-0.1, -0.05) is 35.3 Å². The molecule has 0 aliphatic carbocycles. The van der Waals surface area contributed by atoms with Gasteiger partial charge in [0, 0.05) is 11.8 Å². The SMILES string of the molecule is Oc1ccccc1C=Nc1ccc(Cl)c(Cl)c1. The Morgan fingerprint density at radius 2 is 1.76 bits per heavy atom. The maximum Gasteiger partial charge on any atom is 0.124 e. The van der Waals surface area contributed by atoms with Crippen LogP contribution in [0.1, 0.15) is 5.56 Å². The molecule has 0 amide bonds. The molecule has 2 rings (SSSR count). The number of phenols is 1. The average molecular weight is 266 g/mol. The van der Waals surface area contributed by atoms with Crippen molar-refractivity contribution < 1.29 is 5.11 Å².